The van der Waals surface area contributed by atoms with Crippen molar-refractivity contribution in [2.45, 2.75) is 0 Å². The van der Waals surface area contributed by atoms with E-state index in [4.69, 9.17) is 15.0 Å². The van der Waals surface area contributed by atoms with Gasteiger partial charge in [0.05, 0.1) is 33.1 Å². The highest BCUT2D eigenvalue weighted by molar-refractivity contribution is 6.15. The van der Waals surface area contributed by atoms with Gasteiger partial charge in [0.1, 0.15) is 0 Å². The first-order valence-corrected chi connectivity index (χ1v) is 27.9. The predicted molar refractivity (Wildman–Crippen MR) is 336 cm³/mol. The smallest absolute Gasteiger partial charge is 0.164 e. The Hall–Kier alpha value is -11.5. The number of hydrogen-bond donors (Lipinski definition) is 0. The van der Waals surface area contributed by atoms with Gasteiger partial charge >= 0.3 is 0 Å². The Morgan fingerprint density at radius 3 is 0.711 bits per heavy atom. The van der Waals surface area contributed by atoms with Crippen LogP contribution in [0.4, 0.5) is 0 Å². The lowest BCUT2D eigenvalue weighted by Crippen LogP contribution is -2.00. The van der Waals surface area contributed by atoms with E-state index in [1.807, 2.05) is 60.7 Å². The molecule has 9 aromatic carbocycles. The summed E-state index contributed by atoms with van der Waals surface area (Å²) in [5, 5.41) is 6.99. The van der Waals surface area contributed by atoms with E-state index < -0.39 is 0 Å². The zero-order valence-corrected chi connectivity index (χ0v) is 44.7. The molecule has 390 valence electrons. The molecule has 0 amide bonds. The second-order valence-corrected chi connectivity index (χ2v) is 21.2. The lowest BCUT2D eigenvalue weighted by Gasteiger charge is -2.12. The van der Waals surface area contributed by atoms with Crippen molar-refractivity contribution in [3.63, 3.8) is 0 Å². The molecule has 8 aromatic heterocycles. The van der Waals surface area contributed by atoms with E-state index in [9.17, 15) is 0 Å². The highest BCUT2D eigenvalue weighted by Crippen LogP contribution is 2.42. The molecule has 0 unspecified atom stereocenters. The van der Waals surface area contributed by atoms with Crippen molar-refractivity contribution in [1.82, 2.24) is 46.9 Å². The van der Waals surface area contributed by atoms with Gasteiger partial charge in [-0.25, -0.2) is 15.0 Å². The van der Waals surface area contributed by atoms with Gasteiger partial charge in [-0.05, 0) is 182 Å². The lowest BCUT2D eigenvalue weighted by molar-refractivity contribution is 1.07. The fraction of sp³-hybridized carbons (Fsp3) is 0. The summed E-state index contributed by atoms with van der Waals surface area (Å²) in [6.07, 6.45) is 16.8. The van der Waals surface area contributed by atoms with Crippen LogP contribution in [0.3, 0.4) is 0 Å². The van der Waals surface area contributed by atoms with Crippen LogP contribution in [-0.4, -0.2) is 46.9 Å². The second kappa shape index (κ2) is 18.6. The van der Waals surface area contributed by atoms with Crippen LogP contribution in [0.5, 0.6) is 0 Å². The Morgan fingerprint density at radius 1 is 0.193 bits per heavy atom. The van der Waals surface area contributed by atoms with Crippen molar-refractivity contribution in [2.24, 2.45) is 0 Å². The molecule has 0 bridgehead atoms. The molecule has 0 aliphatic rings. The van der Waals surface area contributed by atoms with Gasteiger partial charge in [0, 0.05) is 138 Å². The van der Waals surface area contributed by atoms with E-state index in [0.29, 0.717) is 17.5 Å². The number of rotatable bonds is 10. The normalized spacial score (nSPS) is 11.9. The fourth-order valence-electron chi connectivity index (χ4n) is 12.5. The molecule has 0 saturated carbocycles. The van der Waals surface area contributed by atoms with Crippen LogP contribution in [0.2, 0.25) is 0 Å². The highest BCUT2D eigenvalue weighted by Gasteiger charge is 2.22. The van der Waals surface area contributed by atoms with Crippen LogP contribution >= 0.6 is 0 Å². The van der Waals surface area contributed by atoms with Crippen molar-refractivity contribution in [3.8, 4) is 74.0 Å². The molecule has 0 atom stereocenters. The molecule has 10 heteroatoms. The van der Waals surface area contributed by atoms with Crippen LogP contribution in [0.1, 0.15) is 0 Å². The Bertz CT molecular complexity index is 4790. The van der Waals surface area contributed by atoms with E-state index >= 15 is 0 Å². The maximum absolute atomic E-state index is 5.08. The van der Waals surface area contributed by atoms with Crippen molar-refractivity contribution in [3.05, 3.63) is 292 Å². The topological polar surface area (TPSA) is 73.2 Å². The predicted octanol–water partition coefficient (Wildman–Crippen LogP) is 17.3. The Morgan fingerprint density at radius 2 is 0.422 bits per heavy atom. The van der Waals surface area contributed by atoms with Gasteiger partial charge < -0.3 is 32.0 Å². The Balaban J connectivity index is 0.879. The summed E-state index contributed by atoms with van der Waals surface area (Å²) in [4.78, 5) is 15.1. The van der Waals surface area contributed by atoms with E-state index in [-0.39, 0.29) is 0 Å². The Labute approximate surface area is 476 Å². The summed E-state index contributed by atoms with van der Waals surface area (Å²) in [7, 11) is 0. The summed E-state index contributed by atoms with van der Waals surface area (Å²) in [6.45, 7) is 0. The zero-order valence-electron chi connectivity index (χ0n) is 44.7. The van der Waals surface area contributed by atoms with Crippen molar-refractivity contribution < 1.29 is 0 Å². The summed E-state index contributed by atoms with van der Waals surface area (Å²) >= 11 is 0. The third-order valence-electron chi connectivity index (χ3n) is 16.4. The molecule has 10 nitrogen and oxygen atoms in total. The van der Waals surface area contributed by atoms with Crippen LogP contribution in [0.15, 0.2) is 292 Å². The Kier molecular flexibility index (Phi) is 10.4. The number of fused-ring (bicyclic) bond motifs is 9. The monoisotopic (exact) mass is 1060 g/mol. The molecule has 0 saturated heterocycles. The quantitative estimate of drug-likeness (QED) is 0.137. The number of benzene rings is 9. The first-order valence-electron chi connectivity index (χ1n) is 27.9. The summed E-state index contributed by atoms with van der Waals surface area (Å²) in [5.74, 6) is 1.87. The first kappa shape index (κ1) is 46.4. The molecule has 0 fully saturated rings. The van der Waals surface area contributed by atoms with Crippen molar-refractivity contribution >= 4 is 65.4 Å². The van der Waals surface area contributed by atoms with Gasteiger partial charge in [0.15, 0.2) is 17.5 Å². The van der Waals surface area contributed by atoms with E-state index in [1.54, 1.807) is 0 Å². The van der Waals surface area contributed by atoms with Gasteiger partial charge in [-0.2, -0.15) is 0 Å². The van der Waals surface area contributed by atoms with Crippen molar-refractivity contribution in [1.29, 1.82) is 0 Å². The molecule has 0 spiro atoms. The van der Waals surface area contributed by atoms with Gasteiger partial charge in [-0.15, -0.1) is 0 Å². The van der Waals surface area contributed by atoms with Crippen LogP contribution in [0, 0.1) is 0 Å². The van der Waals surface area contributed by atoms with Gasteiger partial charge in [-0.3, -0.25) is 0 Å². The molecule has 0 radical (unpaired) electrons. The largest absolute Gasteiger partial charge is 0.324 e. The lowest BCUT2D eigenvalue weighted by atomic mass is 10.1. The third kappa shape index (κ3) is 7.61. The summed E-state index contributed by atoms with van der Waals surface area (Å²) in [6, 6.07) is 86.8. The molecule has 17 rings (SSSR count). The van der Waals surface area contributed by atoms with Crippen molar-refractivity contribution in [2.75, 3.05) is 0 Å². The number of nitrogens with zero attached hydrogens (tertiary/aromatic N) is 10. The number of hydrogen-bond acceptors (Lipinski definition) is 3. The molecule has 17 aromatic rings. The molecule has 0 N–H and O–H groups in total. The maximum atomic E-state index is 5.08. The SMILES string of the molecule is c1ccc(-c2nc(-c3ccccc3)nc(-c3ccc(-n4c5ccc(-n6c7ccc(-n8cccc8)cc7c7cc(-n8cccc8)ccc76)cc5c5cc(-n6c7ccc(-n8cccc8)cc7c7cc(-n8cccc8)ccc76)ccc54)cc3)n2)cc1. The van der Waals surface area contributed by atoms with E-state index in [1.165, 1.54) is 21.5 Å². The highest BCUT2D eigenvalue weighted by atomic mass is 15.1. The van der Waals surface area contributed by atoms with Gasteiger partial charge in [0.25, 0.3) is 0 Å². The average molecular weight is 1070 g/mol. The second-order valence-electron chi connectivity index (χ2n) is 21.2. The average Bonchev–Trinajstić information content (AvgIpc) is 2.51. The maximum Gasteiger partial charge on any atom is 0.164 e. The minimum atomic E-state index is 0.611. The molecular weight excluding hydrogens is 1020 g/mol. The molecule has 0 aliphatic carbocycles. The van der Waals surface area contributed by atoms with Crippen LogP contribution in [0.25, 0.3) is 139 Å². The molecule has 0 aliphatic heterocycles. The first-order chi connectivity index (χ1) is 41.1. The third-order valence-corrected chi connectivity index (χ3v) is 16.4. The minimum Gasteiger partial charge on any atom is -0.324 e. The molecule has 83 heavy (non-hydrogen) atoms. The molecule has 8 heterocycles. The minimum absolute atomic E-state index is 0.611. The van der Waals surface area contributed by atoms with E-state index in [0.717, 1.165) is 100 Å². The molecular formula is C73H48N10. The summed E-state index contributed by atoms with van der Waals surface area (Å²) < 4.78 is 16.0. The zero-order chi connectivity index (χ0) is 54.5. The summed E-state index contributed by atoms with van der Waals surface area (Å²) in [5.41, 5.74) is 17.1. The van der Waals surface area contributed by atoms with Crippen LogP contribution < -0.4 is 0 Å². The number of aromatic nitrogens is 10. The van der Waals surface area contributed by atoms with Gasteiger partial charge in [-0.1, -0.05) is 60.7 Å². The standard InChI is InChI=1S/C73H48N10/c1-3-15-49(16-4-1)71-74-72(50-17-5-2-6-18-50)76-73(75-71)51-19-21-52(22-20-51)81-65-33-27-57(82-67-29-23-53(77-35-7-8-36-77)43-59(67)60-44-54(24-30-68(60)82)78-37-9-10-38-78)47-63(65)64-48-58(28-34-66(64)81)83-69-31-25-55(79-39-11-12-40-79)45-61(69)62-46-56(26-32-70(62)83)80-41-13-14-42-80/h1-48H. The van der Waals surface area contributed by atoms with Crippen LogP contribution in [-0.2, 0) is 0 Å². The fourth-order valence-corrected chi connectivity index (χ4v) is 12.5. The van der Waals surface area contributed by atoms with Gasteiger partial charge in [0.2, 0.25) is 0 Å². The van der Waals surface area contributed by atoms with E-state index in [2.05, 4.69) is 264 Å².